The molecule has 2 aromatic heterocycles. The summed E-state index contributed by atoms with van der Waals surface area (Å²) in [6.45, 7) is 0. The summed E-state index contributed by atoms with van der Waals surface area (Å²) >= 11 is 0. The van der Waals surface area contributed by atoms with Crippen LogP contribution in [0.15, 0.2) is 494 Å². The minimum absolute atomic E-state index is 0.474. The molecule has 0 fully saturated rings. The molecule has 23 aromatic rings. The van der Waals surface area contributed by atoms with Crippen LogP contribution < -0.4 is 9.80 Å². The van der Waals surface area contributed by atoms with Crippen LogP contribution >= 0.6 is 0 Å². The lowest BCUT2D eigenvalue weighted by atomic mass is 9.70. The number of fused-ring (bicyclic) bond motifs is 26. The van der Waals surface area contributed by atoms with Gasteiger partial charge < -0.3 is 18.6 Å². The number of para-hydroxylation sites is 2. The molecular weight excluding hydrogens is 1600 g/mol. The Morgan fingerprint density at radius 1 is 0.136 bits per heavy atom. The van der Waals surface area contributed by atoms with Crippen molar-refractivity contribution in [3.05, 3.63) is 530 Å². The van der Waals surface area contributed by atoms with E-state index in [0.717, 1.165) is 139 Å². The Morgan fingerprint density at radius 2 is 0.402 bits per heavy atom. The minimum Gasteiger partial charge on any atom is -0.455 e. The first kappa shape index (κ1) is 75.0. The number of hydrogen-bond donors (Lipinski definition) is 0. The summed E-state index contributed by atoms with van der Waals surface area (Å²) in [5, 5.41) is 4.33. The number of furan rings is 2. The second-order valence-corrected chi connectivity index (χ2v) is 35.6. The van der Waals surface area contributed by atoms with Crippen LogP contribution in [0.25, 0.3) is 177 Å². The molecule has 0 bridgehead atoms. The highest BCUT2D eigenvalue weighted by molar-refractivity contribution is 6.14. The molecule has 4 heteroatoms. The first-order valence-corrected chi connectivity index (χ1v) is 45.6. The maximum Gasteiger partial charge on any atom is 0.143 e. The Hall–Kier alpha value is -17.2. The van der Waals surface area contributed by atoms with Crippen molar-refractivity contribution in [3.8, 4) is 134 Å². The molecule has 0 saturated carbocycles. The molecule has 0 saturated heterocycles. The van der Waals surface area contributed by atoms with E-state index in [9.17, 15) is 0 Å². The predicted molar refractivity (Wildman–Crippen MR) is 546 cm³/mol. The van der Waals surface area contributed by atoms with Crippen molar-refractivity contribution in [2.75, 3.05) is 9.80 Å². The van der Waals surface area contributed by atoms with Gasteiger partial charge in [-0.25, -0.2) is 0 Å². The fraction of sp³-hybridized carbons (Fsp3) is 0.0156. The number of hydrogen-bond acceptors (Lipinski definition) is 4. The van der Waals surface area contributed by atoms with Gasteiger partial charge in [-0.15, -0.1) is 0 Å². The van der Waals surface area contributed by atoms with Gasteiger partial charge in [0, 0.05) is 66.8 Å². The van der Waals surface area contributed by atoms with Gasteiger partial charge in [0.15, 0.2) is 0 Å². The number of rotatable bonds is 14. The van der Waals surface area contributed by atoms with Crippen molar-refractivity contribution in [3.63, 3.8) is 0 Å². The van der Waals surface area contributed by atoms with E-state index in [1.807, 2.05) is 0 Å². The topological polar surface area (TPSA) is 32.8 Å². The second kappa shape index (κ2) is 29.7. The Bertz CT molecular complexity index is 8460. The molecule has 0 amide bonds. The van der Waals surface area contributed by atoms with E-state index < -0.39 is 10.8 Å². The molecule has 132 heavy (non-hydrogen) atoms. The van der Waals surface area contributed by atoms with E-state index >= 15 is 0 Å². The second-order valence-electron chi connectivity index (χ2n) is 35.6. The molecule has 0 aliphatic heterocycles. The molecule has 4 aliphatic carbocycles. The summed E-state index contributed by atoms with van der Waals surface area (Å²) < 4.78 is 14.0. The Labute approximate surface area is 765 Å². The van der Waals surface area contributed by atoms with Crippen LogP contribution in [-0.4, -0.2) is 0 Å². The standard InChI is InChI=1S/C128H80N2O2/c1-4-25-81(26-5-1)84-47-60-95(61-48-84)129(96-62-49-85(50-63-96)82-27-6-2-7-28-82)97-66-53-87(54-67-97)110-76-94(78-114-109-39-16-22-45-123(109)131-125(110)114)92-58-71-107-104-36-13-20-43-118(104)128(122(107)80-92)119-44-21-14-37-105(119)112-74-90(59-72-120(112)128)89-31-24-32-100(73-89)130(98-64-51-86(52-65-98)83-29-8-3-9-30-83)99-68-55-88(56-69-99)111-75-93(77-113-108-38-15-23-46-124(108)132-126(111)113)91-57-70-106-103-35-12-19-42-117(103)127(121(106)79-91)115-40-17-10-33-101(115)102-34-11-18-41-116(102)127/h1-80H. The quantitative estimate of drug-likeness (QED) is 0.109. The molecule has 0 N–H and O–H groups in total. The zero-order valence-electron chi connectivity index (χ0n) is 71.9. The van der Waals surface area contributed by atoms with Gasteiger partial charge in [-0.05, 0) is 294 Å². The number of benzene rings is 21. The Balaban J connectivity index is 0.556. The van der Waals surface area contributed by atoms with Crippen LogP contribution in [-0.2, 0) is 10.8 Å². The van der Waals surface area contributed by atoms with Crippen LogP contribution in [0.5, 0.6) is 0 Å². The third-order valence-corrected chi connectivity index (χ3v) is 28.7. The van der Waals surface area contributed by atoms with Gasteiger partial charge in [-0.3, -0.25) is 0 Å². The highest BCUT2D eigenvalue weighted by Gasteiger charge is 2.54. The average molecular weight is 1680 g/mol. The molecule has 1 unspecified atom stereocenters. The van der Waals surface area contributed by atoms with Gasteiger partial charge in [0.25, 0.3) is 0 Å². The summed E-state index contributed by atoms with van der Waals surface area (Å²) in [5.41, 5.74) is 47.2. The average Bonchev–Trinajstić information content (AvgIpc) is 1.51. The maximum absolute atomic E-state index is 7.01. The van der Waals surface area contributed by atoms with E-state index in [-0.39, 0.29) is 0 Å². The lowest BCUT2D eigenvalue weighted by molar-refractivity contribution is 0.669. The van der Waals surface area contributed by atoms with Crippen LogP contribution in [0.4, 0.5) is 34.1 Å². The highest BCUT2D eigenvalue weighted by atomic mass is 16.3. The van der Waals surface area contributed by atoms with Crippen molar-refractivity contribution in [1.29, 1.82) is 0 Å². The van der Waals surface area contributed by atoms with Crippen molar-refractivity contribution in [1.82, 2.24) is 0 Å². The predicted octanol–water partition coefficient (Wildman–Crippen LogP) is 34.4. The largest absolute Gasteiger partial charge is 0.455 e. The first-order valence-electron chi connectivity index (χ1n) is 45.6. The first-order chi connectivity index (χ1) is 65.4. The van der Waals surface area contributed by atoms with Gasteiger partial charge in [-0.1, -0.05) is 358 Å². The molecule has 4 aliphatic rings. The maximum atomic E-state index is 7.01. The van der Waals surface area contributed by atoms with E-state index in [1.165, 1.54) is 117 Å². The minimum atomic E-state index is -0.629. The van der Waals surface area contributed by atoms with E-state index in [4.69, 9.17) is 8.83 Å². The summed E-state index contributed by atoms with van der Waals surface area (Å²) in [6.07, 6.45) is 0. The fourth-order valence-corrected chi connectivity index (χ4v) is 22.8. The summed E-state index contributed by atoms with van der Waals surface area (Å²) in [4.78, 5) is 4.77. The normalized spacial score (nSPS) is 13.7. The molecule has 1 atom stereocenters. The van der Waals surface area contributed by atoms with Gasteiger partial charge in [0.1, 0.15) is 22.3 Å². The summed E-state index contributed by atoms with van der Waals surface area (Å²) in [6, 6.07) is 180. The van der Waals surface area contributed by atoms with E-state index in [0.29, 0.717) is 0 Å². The lowest BCUT2D eigenvalue weighted by Gasteiger charge is -2.31. The molecular formula is C128H80N2O2. The van der Waals surface area contributed by atoms with Crippen molar-refractivity contribution < 1.29 is 8.83 Å². The van der Waals surface area contributed by atoms with Gasteiger partial charge in [0.05, 0.1) is 10.8 Å². The molecule has 2 spiro atoms. The van der Waals surface area contributed by atoms with E-state index in [1.54, 1.807) is 0 Å². The Kier molecular flexibility index (Phi) is 16.9. The summed E-state index contributed by atoms with van der Waals surface area (Å²) in [5.74, 6) is 0. The van der Waals surface area contributed by atoms with Crippen LogP contribution in [0.3, 0.4) is 0 Å². The fourth-order valence-electron chi connectivity index (χ4n) is 22.8. The monoisotopic (exact) mass is 1680 g/mol. The molecule has 0 radical (unpaired) electrons. The Morgan fingerprint density at radius 3 is 0.788 bits per heavy atom. The number of anilines is 6. The molecule has 27 rings (SSSR count). The third kappa shape index (κ3) is 11.5. The smallest absolute Gasteiger partial charge is 0.143 e. The van der Waals surface area contributed by atoms with Gasteiger partial charge in [-0.2, -0.15) is 0 Å². The molecule has 614 valence electrons. The van der Waals surface area contributed by atoms with Crippen molar-refractivity contribution in [2.24, 2.45) is 0 Å². The van der Waals surface area contributed by atoms with Gasteiger partial charge in [0.2, 0.25) is 0 Å². The van der Waals surface area contributed by atoms with Gasteiger partial charge >= 0.3 is 0 Å². The van der Waals surface area contributed by atoms with Crippen LogP contribution in [0, 0.1) is 0 Å². The van der Waals surface area contributed by atoms with Crippen molar-refractivity contribution >= 4 is 78.0 Å². The van der Waals surface area contributed by atoms with Crippen LogP contribution in [0.1, 0.15) is 44.5 Å². The molecule has 21 aromatic carbocycles. The zero-order valence-corrected chi connectivity index (χ0v) is 71.9. The summed E-state index contributed by atoms with van der Waals surface area (Å²) in [7, 11) is 0. The third-order valence-electron chi connectivity index (χ3n) is 28.7. The zero-order chi connectivity index (χ0) is 86.7. The molecule has 2 heterocycles. The number of nitrogens with zero attached hydrogens (tertiary/aromatic N) is 2. The van der Waals surface area contributed by atoms with Crippen LogP contribution in [0.2, 0.25) is 0 Å². The highest BCUT2D eigenvalue weighted by Crippen LogP contribution is 2.66. The molecule has 4 nitrogen and oxygen atoms in total. The van der Waals surface area contributed by atoms with Crippen molar-refractivity contribution in [2.45, 2.75) is 10.8 Å². The van der Waals surface area contributed by atoms with E-state index in [2.05, 4.69) is 495 Å². The SMILES string of the molecule is c1ccc(-c2ccc(N(c3ccc(-c4ccccc4)cc3)c3ccc(-c4cc(-c5ccc6c(c5)C5(c7ccccc7-c7cc(-c8cccc(N(c9ccc(-c%10ccccc%10)cc9)c9ccc(-c%10cc(-c%11ccc%12c(c%11)C%11(c%13ccccc%13-c%13ccccc%13%11)c%11ccccc%11-%12)cc%11c%10oc%10ccccc%10%11)cc9)c8)ccc75)c5ccccc5-6)cc5c4oc4ccccc45)cc3)cc2)cc1. The lowest BCUT2D eigenvalue weighted by Crippen LogP contribution is -2.25.